The summed E-state index contributed by atoms with van der Waals surface area (Å²) in [4.78, 5) is 73.6. The van der Waals surface area contributed by atoms with Crippen LogP contribution in [0.5, 0.6) is 6.01 Å². The minimum atomic E-state index is -2.01. The van der Waals surface area contributed by atoms with Crippen LogP contribution in [0.2, 0.25) is 5.02 Å². The van der Waals surface area contributed by atoms with E-state index in [4.69, 9.17) is 36.5 Å². The molecule has 6 aliphatic rings. The van der Waals surface area contributed by atoms with Crippen LogP contribution >= 0.6 is 22.9 Å². The van der Waals surface area contributed by atoms with Crippen molar-refractivity contribution in [2.24, 2.45) is 0 Å². The van der Waals surface area contributed by atoms with Gasteiger partial charge in [-0.2, -0.15) is 15.2 Å². The van der Waals surface area contributed by atoms with Crippen LogP contribution in [0, 0.1) is 28.8 Å². The second-order valence-electron chi connectivity index (χ2n) is 21.6. The van der Waals surface area contributed by atoms with E-state index < -0.39 is 58.5 Å². The Morgan fingerprint density at radius 3 is 2.62 bits per heavy atom. The smallest absolute Gasteiger partial charge is 0.411 e. The van der Waals surface area contributed by atoms with Gasteiger partial charge >= 0.3 is 18.1 Å². The molecule has 0 radical (unpaired) electrons. The van der Waals surface area contributed by atoms with E-state index in [1.165, 1.54) is 22.8 Å². The number of rotatable bonds is 10. The number of fused-ring (bicyclic) bond motifs is 10. The number of amides is 2. The van der Waals surface area contributed by atoms with Gasteiger partial charge in [0.2, 0.25) is 5.91 Å². The minimum Gasteiger partial charge on any atom is -0.461 e. The number of cyclic esters (lactones) is 1. The number of piperazine rings is 1. The number of aliphatic hydroxyl groups is 1. The summed E-state index contributed by atoms with van der Waals surface area (Å²) >= 11 is 7.86. The van der Waals surface area contributed by atoms with E-state index in [1.807, 2.05) is 11.0 Å². The quantitative estimate of drug-likeness (QED) is 0.0860. The van der Waals surface area contributed by atoms with E-state index in [2.05, 4.69) is 20.2 Å². The number of hydrogen-bond donors (Lipinski definition) is 3. The van der Waals surface area contributed by atoms with Crippen molar-refractivity contribution >= 4 is 89.3 Å². The summed E-state index contributed by atoms with van der Waals surface area (Å²) in [5, 5.41) is 24.5. The molecule has 6 unspecified atom stereocenters. The maximum Gasteiger partial charge on any atom is 0.411 e. The molecule has 0 saturated carbocycles. The number of hydrogen-bond acceptors (Lipinski definition) is 16. The second-order valence-corrected chi connectivity index (χ2v) is 23.1. The van der Waals surface area contributed by atoms with E-state index in [-0.39, 0.29) is 159 Å². The van der Waals surface area contributed by atoms with E-state index in [0.717, 1.165) is 29.9 Å². The number of thiophene rings is 1. The largest absolute Gasteiger partial charge is 0.461 e. The maximum absolute atomic E-state index is 17.5. The molecule has 6 aliphatic heterocycles. The number of benzene rings is 3. The van der Waals surface area contributed by atoms with Gasteiger partial charge in [-0.05, 0) is 81.5 Å². The first-order valence-corrected chi connectivity index (χ1v) is 27.5. The molecule has 10 heterocycles. The number of nitrogens with one attached hydrogen (secondary N) is 1. The Morgan fingerprint density at radius 1 is 1.07 bits per heavy atom. The third kappa shape index (κ3) is 8.10. The molecule has 0 aliphatic carbocycles. The number of aromatic nitrogens is 4. The van der Waals surface area contributed by atoms with Gasteiger partial charge in [-0.25, -0.2) is 32.1 Å². The fraction of sp³-hybridized carbons (Fsp3) is 0.393. The first kappa shape index (κ1) is 51.8. The molecule has 2 bridgehead atoms. The number of carbonyl (C=O) groups is 3. The Kier molecular flexibility index (Phi) is 12.3. The molecule has 7 aromatic rings. The number of pyridine rings is 2. The summed E-state index contributed by atoms with van der Waals surface area (Å²) in [5.41, 5.74) is 4.58. The van der Waals surface area contributed by atoms with Gasteiger partial charge in [0.05, 0.1) is 61.9 Å². The van der Waals surface area contributed by atoms with Crippen molar-refractivity contribution in [3.05, 3.63) is 97.5 Å². The molecule has 4 aromatic heterocycles. The number of anilines is 3. The van der Waals surface area contributed by atoms with Crippen molar-refractivity contribution in [2.45, 2.75) is 107 Å². The van der Waals surface area contributed by atoms with Crippen molar-refractivity contribution in [3.8, 4) is 34.6 Å². The van der Waals surface area contributed by atoms with Crippen LogP contribution in [0.4, 0.5) is 38.9 Å². The van der Waals surface area contributed by atoms with Gasteiger partial charge in [0.25, 0.3) is 5.56 Å². The minimum absolute atomic E-state index is 0.0176. The molecule has 3 aromatic carbocycles. The van der Waals surface area contributed by atoms with Gasteiger partial charge in [-0.1, -0.05) is 24.6 Å². The summed E-state index contributed by atoms with van der Waals surface area (Å²) in [5.74, 6) is -3.20. The maximum atomic E-state index is 17.5. The highest BCUT2D eigenvalue weighted by atomic mass is 35.5. The first-order chi connectivity index (χ1) is 38.4. The average molecular weight is 1130 g/mol. The molecule has 24 heteroatoms. The normalized spacial score (nSPS) is 23.2. The topological polar surface area (TPSA) is 231 Å². The number of alkyl halides is 1. The third-order valence-electron chi connectivity index (χ3n) is 16.9. The van der Waals surface area contributed by atoms with Gasteiger partial charge in [-0.3, -0.25) is 19.8 Å². The van der Waals surface area contributed by atoms with Crippen LogP contribution in [-0.2, 0) is 37.8 Å². The van der Waals surface area contributed by atoms with Crippen LogP contribution in [0.25, 0.3) is 54.4 Å². The molecule has 80 heavy (non-hydrogen) atoms. The standard InChI is InChI=1S/C56H49ClF4N10O8S/c1-3-56(76)35-15-41-46-27(19-70(41)51(73)34(35)23-77-52(56)74)12-26-13-40(38(60)16-39(26)64-46)65-54(75)79-25(2)11-42(72)71-29-5-6-30(71)22-68(21-29)50-32-14-36(57)44(31-7-8-37(59)48-43(31)33(18-62)49(63)80-48)45(61)47(32)66-53(67-50)78-24-55-9-4-10-69(55)20-28(58)17-55/h7-8,12-16,25,28-30,76H,3-6,9-11,17,19-24,63H2,1-2H3,(H,65,75). The lowest BCUT2D eigenvalue weighted by Gasteiger charge is -2.42. The predicted molar refractivity (Wildman–Crippen MR) is 287 cm³/mol. The lowest BCUT2D eigenvalue weighted by Crippen LogP contribution is -2.56. The van der Waals surface area contributed by atoms with Crippen LogP contribution in [0.1, 0.15) is 81.0 Å². The Hall–Kier alpha value is -7.65. The summed E-state index contributed by atoms with van der Waals surface area (Å²) in [7, 11) is 0. The third-order valence-corrected chi connectivity index (χ3v) is 18.3. The van der Waals surface area contributed by atoms with E-state index >= 15 is 13.2 Å². The monoisotopic (exact) mass is 1130 g/mol. The summed E-state index contributed by atoms with van der Waals surface area (Å²) in [6.45, 7) is 4.54. The Morgan fingerprint density at radius 2 is 1.86 bits per heavy atom. The SMILES string of the molecule is CCC1(O)C(=O)OCc2c1cc1n(c2=O)Cc2cc3cc(NC(=O)OC(C)CC(=O)N4C5CCC4CN(c4nc(OCC67CCCN6CC(F)C7)nc6c(F)c(-c7ccc(F)c8sc(N)c(C#N)c78)c(Cl)cc46)C5)c(F)cc3nc2-1. The van der Waals surface area contributed by atoms with Gasteiger partial charge < -0.3 is 39.4 Å². The number of nitriles is 1. The molecule has 18 nitrogen and oxygen atoms in total. The van der Waals surface area contributed by atoms with Gasteiger partial charge in [0.1, 0.15) is 59.5 Å². The highest BCUT2D eigenvalue weighted by Crippen LogP contribution is 2.48. The molecular formula is C56H49ClF4N10O8S. The fourth-order valence-electron chi connectivity index (χ4n) is 13.2. The zero-order valence-corrected chi connectivity index (χ0v) is 44.6. The second kappa shape index (κ2) is 19.0. The van der Waals surface area contributed by atoms with Crippen molar-refractivity contribution in [1.82, 2.24) is 29.3 Å². The molecule has 0 spiro atoms. The zero-order valence-electron chi connectivity index (χ0n) is 43.0. The number of ether oxygens (including phenoxy) is 3. The fourth-order valence-corrected chi connectivity index (χ4v) is 14.4. The lowest BCUT2D eigenvalue weighted by molar-refractivity contribution is -0.172. The Bertz CT molecular complexity index is 3980. The summed E-state index contributed by atoms with van der Waals surface area (Å²) in [6.07, 6.45) is -0.161. The molecule has 4 N–H and O–H groups in total. The van der Waals surface area contributed by atoms with Gasteiger partial charge in [-0.15, -0.1) is 11.3 Å². The molecule has 412 valence electrons. The zero-order chi connectivity index (χ0) is 55.8. The van der Waals surface area contributed by atoms with E-state index in [0.29, 0.717) is 48.1 Å². The van der Waals surface area contributed by atoms with Crippen LogP contribution in [0.15, 0.2) is 47.3 Å². The van der Waals surface area contributed by atoms with Crippen molar-refractivity contribution in [2.75, 3.05) is 48.7 Å². The van der Waals surface area contributed by atoms with Gasteiger partial charge in [0.15, 0.2) is 11.4 Å². The number of halogens is 5. The molecule has 2 amide bonds. The first-order valence-electron chi connectivity index (χ1n) is 26.3. The number of carbonyl (C=O) groups excluding carboxylic acids is 3. The Balaban J connectivity index is 0.729. The number of nitrogens with two attached hydrogens (primary N) is 1. The van der Waals surface area contributed by atoms with E-state index in [9.17, 15) is 33.9 Å². The molecular weight excluding hydrogens is 1080 g/mol. The van der Waals surface area contributed by atoms with Crippen LogP contribution in [0.3, 0.4) is 0 Å². The Labute approximate surface area is 461 Å². The summed E-state index contributed by atoms with van der Waals surface area (Å²) < 4.78 is 81.9. The molecule has 13 rings (SSSR count). The average Bonchev–Trinajstić information content (AvgIpc) is 4.39. The summed E-state index contributed by atoms with van der Waals surface area (Å²) in [6, 6.07) is 11.0. The lowest BCUT2D eigenvalue weighted by atomic mass is 9.86. The van der Waals surface area contributed by atoms with Crippen molar-refractivity contribution < 1.29 is 51.3 Å². The molecule has 4 fully saturated rings. The number of esters is 1. The van der Waals surface area contributed by atoms with Crippen molar-refractivity contribution in [1.29, 1.82) is 5.26 Å². The van der Waals surface area contributed by atoms with Crippen LogP contribution < -0.4 is 26.2 Å². The highest BCUT2D eigenvalue weighted by molar-refractivity contribution is 7.23. The van der Waals surface area contributed by atoms with E-state index in [1.54, 1.807) is 30.9 Å². The van der Waals surface area contributed by atoms with Gasteiger partial charge in [0, 0.05) is 77.1 Å². The number of nitrogens with zero attached hydrogens (tertiary/aromatic N) is 8. The molecule has 4 saturated heterocycles. The highest BCUT2D eigenvalue weighted by Gasteiger charge is 2.50. The van der Waals surface area contributed by atoms with Crippen molar-refractivity contribution in [3.63, 3.8) is 0 Å². The van der Waals surface area contributed by atoms with Crippen LogP contribution in [-0.4, -0.2) is 115 Å². The number of nitrogen functional groups attached to an aromatic ring is 1. The predicted octanol–water partition coefficient (Wildman–Crippen LogP) is 8.59. The molecule has 6 atom stereocenters.